The van der Waals surface area contributed by atoms with Crippen LogP contribution >= 0.6 is 11.8 Å². The number of amides is 4. The van der Waals surface area contributed by atoms with Gasteiger partial charge in [-0.2, -0.15) is 0 Å². The number of aliphatic carboxylic acids is 1. The third kappa shape index (κ3) is 5.92. The van der Waals surface area contributed by atoms with Crippen molar-refractivity contribution >= 4 is 70.9 Å². The number of rotatable bonds is 8. The van der Waals surface area contributed by atoms with Crippen molar-refractivity contribution in [3.05, 3.63) is 29.8 Å². The number of carboxylic acids is 1. The van der Waals surface area contributed by atoms with E-state index in [1.807, 2.05) is 0 Å². The van der Waals surface area contributed by atoms with Gasteiger partial charge in [0.05, 0.1) is 12.5 Å². The van der Waals surface area contributed by atoms with Gasteiger partial charge < -0.3 is 36.8 Å². The zero-order valence-electron chi connectivity index (χ0n) is 18.8. The second-order valence-corrected chi connectivity index (χ2v) is 10.4. The number of benzene rings is 1. The molecule has 1 aromatic rings. The molecule has 2 fully saturated rings. The molecule has 4 amide bonds. The van der Waals surface area contributed by atoms with Crippen molar-refractivity contribution in [1.29, 1.82) is 0 Å². The summed E-state index contributed by atoms with van der Waals surface area (Å²) in [7, 11) is 1.40. The summed E-state index contributed by atoms with van der Waals surface area (Å²) in [5, 5.41) is 26.0. The number of carbonyl (C=O) groups is 5. The second kappa shape index (κ2) is 11.2. The van der Waals surface area contributed by atoms with Gasteiger partial charge in [-0.1, -0.05) is 12.1 Å². The summed E-state index contributed by atoms with van der Waals surface area (Å²) in [4.78, 5) is 62.9. The molecule has 186 valence electrons. The molecule has 2 saturated heterocycles. The number of phenols is 1. The van der Waals surface area contributed by atoms with Crippen LogP contribution in [0.3, 0.4) is 0 Å². The SMILES string of the molecule is CNC(=O)C[C@@H](N)C(=O)N[C@@H](C(=O)N[C@@H]1C(=O)N2[C@@H]1SC(C)(C)[C@@H]2C(=O)O)c1ccc(O)cc1.[NaH]. The van der Waals surface area contributed by atoms with Crippen LogP contribution in [0.2, 0.25) is 0 Å². The number of β-lactam (4-membered cyclic amide) rings is 1. The van der Waals surface area contributed by atoms with Crippen LogP contribution in [0.25, 0.3) is 0 Å². The van der Waals surface area contributed by atoms with Gasteiger partial charge in [0.2, 0.25) is 23.6 Å². The Hall–Kier alpha value is -2.32. The Morgan fingerprint density at radius 2 is 1.77 bits per heavy atom. The number of thioether (sulfide) groups is 1. The number of nitrogens with one attached hydrogen (secondary N) is 3. The van der Waals surface area contributed by atoms with Crippen LogP contribution in [0.15, 0.2) is 24.3 Å². The summed E-state index contributed by atoms with van der Waals surface area (Å²) in [6.45, 7) is 3.43. The topological polar surface area (TPSA) is 191 Å². The minimum absolute atomic E-state index is 0. The molecule has 35 heavy (non-hydrogen) atoms. The van der Waals surface area contributed by atoms with Crippen LogP contribution in [0, 0.1) is 0 Å². The first kappa shape index (κ1) is 28.9. The van der Waals surface area contributed by atoms with Gasteiger partial charge in [0.15, 0.2) is 0 Å². The van der Waals surface area contributed by atoms with Crippen LogP contribution in [0.4, 0.5) is 0 Å². The average molecular weight is 518 g/mol. The van der Waals surface area contributed by atoms with Crippen LogP contribution in [0.1, 0.15) is 31.9 Å². The molecule has 0 radical (unpaired) electrons. The quantitative estimate of drug-likeness (QED) is 0.167. The minimum atomic E-state index is -1.28. The van der Waals surface area contributed by atoms with E-state index in [-0.39, 0.29) is 41.7 Å². The Kier molecular flexibility index (Phi) is 9.22. The molecule has 2 heterocycles. The van der Waals surface area contributed by atoms with E-state index >= 15 is 0 Å². The van der Waals surface area contributed by atoms with E-state index in [1.165, 1.54) is 48.0 Å². The summed E-state index contributed by atoms with van der Waals surface area (Å²) in [6, 6.07) is 0.997. The van der Waals surface area contributed by atoms with E-state index < -0.39 is 63.9 Å². The van der Waals surface area contributed by atoms with Crippen molar-refractivity contribution in [2.45, 2.75) is 54.6 Å². The Morgan fingerprint density at radius 3 is 2.31 bits per heavy atom. The Balaban J connectivity index is 0.00000432. The summed E-state index contributed by atoms with van der Waals surface area (Å²) in [5.41, 5.74) is 6.09. The molecule has 2 aliphatic heterocycles. The van der Waals surface area contributed by atoms with Gasteiger partial charge in [-0.05, 0) is 31.5 Å². The van der Waals surface area contributed by atoms with Crippen LogP contribution in [0.5, 0.6) is 5.75 Å². The molecule has 5 atom stereocenters. The van der Waals surface area contributed by atoms with E-state index in [0.29, 0.717) is 5.56 Å². The van der Waals surface area contributed by atoms with E-state index in [2.05, 4.69) is 16.0 Å². The maximum atomic E-state index is 13.2. The standard InChI is InChI=1S/C21H27N5O7S.Na.H/c1-21(2)15(20(32)33)26-18(31)14(19(26)34-21)25-17(30)13(9-4-6-10(27)7-5-9)24-16(29)11(22)8-12(28)23-3;;/h4-7,11,13-15,19,27H,8,22H2,1-3H3,(H,23,28)(H,24,29)(H,25,30)(H,32,33);;/t11-,13-,14-,15+,19-;;/m1../s1. The van der Waals surface area contributed by atoms with Gasteiger partial charge in [-0.15, -0.1) is 11.8 Å². The van der Waals surface area contributed by atoms with Gasteiger partial charge in [0, 0.05) is 11.8 Å². The predicted octanol–water partition coefficient (Wildman–Crippen LogP) is -2.00. The fourth-order valence-corrected chi connectivity index (χ4v) is 5.62. The number of hydrogen-bond donors (Lipinski definition) is 6. The molecule has 2 aliphatic rings. The first-order valence-corrected chi connectivity index (χ1v) is 11.3. The van der Waals surface area contributed by atoms with Crippen LogP contribution < -0.4 is 21.7 Å². The van der Waals surface area contributed by atoms with Crippen LogP contribution in [-0.4, -0.2) is 110 Å². The van der Waals surface area contributed by atoms with Gasteiger partial charge in [0.25, 0.3) is 0 Å². The van der Waals surface area contributed by atoms with E-state index in [1.54, 1.807) is 13.8 Å². The van der Waals surface area contributed by atoms with E-state index in [9.17, 15) is 34.2 Å². The maximum absolute atomic E-state index is 13.2. The molecule has 0 bridgehead atoms. The molecule has 1 aromatic carbocycles. The Morgan fingerprint density at radius 1 is 1.17 bits per heavy atom. The number of aromatic hydroxyl groups is 1. The summed E-state index contributed by atoms with van der Waals surface area (Å²) in [5.74, 6) is -3.66. The third-order valence-electron chi connectivity index (χ3n) is 5.77. The van der Waals surface area contributed by atoms with Crippen molar-refractivity contribution in [3.63, 3.8) is 0 Å². The molecule has 12 nitrogen and oxygen atoms in total. The first-order chi connectivity index (χ1) is 15.9. The van der Waals surface area contributed by atoms with Crippen molar-refractivity contribution in [1.82, 2.24) is 20.9 Å². The zero-order chi connectivity index (χ0) is 25.4. The number of phenolic OH excluding ortho intramolecular Hbond substituents is 1. The molecule has 0 saturated carbocycles. The van der Waals surface area contributed by atoms with Crippen molar-refractivity contribution in [3.8, 4) is 5.75 Å². The Labute approximate surface area is 228 Å². The van der Waals surface area contributed by atoms with Crippen molar-refractivity contribution < 1.29 is 34.2 Å². The number of nitrogens with two attached hydrogens (primary N) is 1. The Bertz CT molecular complexity index is 1020. The fraction of sp³-hybridized carbons (Fsp3) is 0.476. The third-order valence-corrected chi connectivity index (χ3v) is 7.34. The molecule has 0 aliphatic carbocycles. The number of nitrogens with zero attached hydrogens (tertiary/aromatic N) is 1. The van der Waals surface area contributed by atoms with Gasteiger partial charge in [-0.25, -0.2) is 4.79 Å². The summed E-state index contributed by atoms with van der Waals surface area (Å²) in [6.07, 6.45) is -0.299. The predicted molar refractivity (Wildman–Crippen MR) is 128 cm³/mol. The van der Waals surface area contributed by atoms with Gasteiger partial charge in [-0.3, -0.25) is 19.2 Å². The molecule has 3 rings (SSSR count). The molecule has 0 spiro atoms. The van der Waals surface area contributed by atoms with Gasteiger partial charge >= 0.3 is 35.5 Å². The second-order valence-electron chi connectivity index (χ2n) is 8.60. The normalized spacial score (nSPS) is 23.6. The number of carbonyl (C=O) groups excluding carboxylic acids is 4. The molecular weight excluding hydrogens is 489 g/mol. The zero-order valence-corrected chi connectivity index (χ0v) is 19.6. The average Bonchev–Trinajstić information content (AvgIpc) is 3.03. The molecule has 7 N–H and O–H groups in total. The number of carboxylic acid groups (broad SMARTS) is 1. The van der Waals surface area contributed by atoms with Crippen molar-refractivity contribution in [2.75, 3.05) is 7.05 Å². The summed E-state index contributed by atoms with van der Waals surface area (Å²) < 4.78 is -0.761. The molecule has 0 aromatic heterocycles. The van der Waals surface area contributed by atoms with Crippen LogP contribution in [-0.2, 0) is 24.0 Å². The number of fused-ring (bicyclic) bond motifs is 1. The first-order valence-electron chi connectivity index (χ1n) is 10.5. The fourth-order valence-electron chi connectivity index (χ4n) is 3.99. The van der Waals surface area contributed by atoms with Crippen molar-refractivity contribution in [2.24, 2.45) is 5.73 Å². The van der Waals surface area contributed by atoms with E-state index in [4.69, 9.17) is 5.73 Å². The molecular formula is C21H28N5NaO7S. The molecule has 14 heteroatoms. The van der Waals surface area contributed by atoms with Gasteiger partial charge in [0.1, 0.15) is 29.2 Å². The molecule has 0 unspecified atom stereocenters. The van der Waals surface area contributed by atoms with E-state index in [0.717, 1.165) is 0 Å². The number of hydrogen-bond acceptors (Lipinski definition) is 8. The monoisotopic (exact) mass is 517 g/mol. The summed E-state index contributed by atoms with van der Waals surface area (Å²) >= 11 is 1.27.